The minimum absolute atomic E-state index is 0.0133. The van der Waals surface area contributed by atoms with E-state index in [0.717, 1.165) is 96.8 Å². The Kier molecular flexibility index (Phi) is 14.2. The highest BCUT2D eigenvalue weighted by Crippen LogP contribution is 2.54. The van der Waals surface area contributed by atoms with Crippen molar-refractivity contribution in [3.8, 4) is 18.2 Å². The van der Waals surface area contributed by atoms with Crippen molar-refractivity contribution in [2.45, 2.75) is 146 Å². The number of piperidine rings is 3. The second-order valence-corrected chi connectivity index (χ2v) is 23.1. The van der Waals surface area contributed by atoms with E-state index in [9.17, 15) is 34.5 Å². The lowest BCUT2D eigenvalue weighted by atomic mass is 9.55. The van der Waals surface area contributed by atoms with Gasteiger partial charge in [0, 0.05) is 77.0 Å². The first-order valence-corrected chi connectivity index (χ1v) is 24.3. The van der Waals surface area contributed by atoms with Crippen LogP contribution < -0.4 is 5.32 Å². The van der Waals surface area contributed by atoms with Crippen molar-refractivity contribution in [2.75, 3.05) is 39.3 Å². The molecule has 0 unspecified atom stereocenters. The molecular weight excluding hydrogens is 801 g/mol. The Morgan fingerprint density at radius 3 is 1.19 bits per heavy atom. The highest BCUT2D eigenvalue weighted by atomic mass is 16.2. The summed E-state index contributed by atoms with van der Waals surface area (Å²) in [5.74, 6) is 1.57. The summed E-state index contributed by atoms with van der Waals surface area (Å²) in [5.41, 5.74) is -1.22. The molecule has 8 rings (SSSR count). The van der Waals surface area contributed by atoms with E-state index in [0.29, 0.717) is 24.6 Å². The summed E-state index contributed by atoms with van der Waals surface area (Å²) >= 11 is 0. The molecule has 11 heteroatoms. The van der Waals surface area contributed by atoms with Gasteiger partial charge in [-0.25, -0.2) is 0 Å². The zero-order valence-electron chi connectivity index (χ0n) is 40.3. The monoisotopic (exact) mass is 875 g/mol. The van der Waals surface area contributed by atoms with E-state index in [1.54, 1.807) is 0 Å². The number of nitrogens with one attached hydrogen (secondary N) is 1. The van der Waals surface area contributed by atoms with Crippen LogP contribution in [0.3, 0.4) is 0 Å². The lowest BCUT2D eigenvalue weighted by molar-refractivity contribution is -0.146. The van der Waals surface area contributed by atoms with E-state index in [4.69, 9.17) is 5.26 Å². The van der Waals surface area contributed by atoms with Gasteiger partial charge in [0.25, 0.3) is 0 Å². The number of nitrogens with zero attached hydrogens (tertiary/aromatic N) is 5. The molecule has 8 aliphatic rings. The van der Waals surface area contributed by atoms with Gasteiger partial charge in [0.1, 0.15) is 18.2 Å². The third-order valence-electron chi connectivity index (χ3n) is 17.4. The predicted molar refractivity (Wildman–Crippen MR) is 245 cm³/mol. The average Bonchev–Trinajstić information content (AvgIpc) is 3.27. The van der Waals surface area contributed by atoms with Crippen molar-refractivity contribution >= 4 is 29.2 Å². The molecule has 0 aromatic rings. The Morgan fingerprint density at radius 2 is 0.844 bits per heavy atom. The number of nitriles is 3. The maximum Gasteiger partial charge on any atom is 0.225 e. The van der Waals surface area contributed by atoms with Gasteiger partial charge in [-0.3, -0.25) is 24.0 Å². The minimum Gasteiger partial charge on any atom is -0.342 e. The van der Waals surface area contributed by atoms with Gasteiger partial charge >= 0.3 is 0 Å². The van der Waals surface area contributed by atoms with Gasteiger partial charge in [0.05, 0.1) is 16.7 Å². The number of carbonyl (C=O) groups is 5. The van der Waals surface area contributed by atoms with Gasteiger partial charge in [-0.05, 0) is 69.2 Å². The van der Waals surface area contributed by atoms with Crippen LogP contribution >= 0.6 is 0 Å². The Balaban J connectivity index is 0.000000163. The molecule has 0 aromatic heterocycles. The molecule has 3 saturated heterocycles. The van der Waals surface area contributed by atoms with Crippen LogP contribution in [0.25, 0.3) is 0 Å². The zero-order valence-corrected chi connectivity index (χ0v) is 40.3. The molecule has 0 bridgehead atoms. The third-order valence-corrected chi connectivity index (χ3v) is 17.4. The quantitative estimate of drug-likeness (QED) is 0.285. The lowest BCUT2D eigenvalue weighted by Gasteiger charge is -2.53. The summed E-state index contributed by atoms with van der Waals surface area (Å²) in [5, 5.41) is 31.1. The Bertz CT molecular complexity index is 2000. The fourth-order valence-corrected chi connectivity index (χ4v) is 14.0. The van der Waals surface area contributed by atoms with Gasteiger partial charge in [-0.2, -0.15) is 15.8 Å². The Hall–Kier alpha value is -4.40. The smallest absolute Gasteiger partial charge is 0.225 e. The molecule has 1 N–H and O–H groups in total. The molecular formula is C53H74N6O5. The molecule has 2 saturated carbocycles. The van der Waals surface area contributed by atoms with Gasteiger partial charge in [0.15, 0.2) is 17.3 Å². The summed E-state index contributed by atoms with van der Waals surface area (Å²) in [6.07, 6.45) is 19.4. The number of amides is 2. The van der Waals surface area contributed by atoms with E-state index in [2.05, 4.69) is 44.3 Å². The molecule has 6 atom stereocenters. The van der Waals surface area contributed by atoms with Crippen LogP contribution in [0.2, 0.25) is 0 Å². The topological polar surface area (TPSA) is 175 Å². The largest absolute Gasteiger partial charge is 0.342 e. The number of rotatable bonds is 2. The second-order valence-electron chi connectivity index (χ2n) is 23.1. The number of allylic oxidation sites excluding steroid dienone is 3. The van der Waals surface area contributed by atoms with Crippen LogP contribution in [0, 0.1) is 96.1 Å². The number of hydrogen-bond donors (Lipinski definition) is 1. The van der Waals surface area contributed by atoms with E-state index < -0.39 is 16.2 Å². The van der Waals surface area contributed by atoms with Gasteiger partial charge in [-0.15, -0.1) is 0 Å². The summed E-state index contributed by atoms with van der Waals surface area (Å²) < 4.78 is 0. The van der Waals surface area contributed by atoms with Crippen LogP contribution in [0.5, 0.6) is 0 Å². The number of Topliss-reactive ketones (excluding diaryl/α,β-unsaturated/α-hetero) is 3. The normalized spacial score (nSPS) is 34.4. The summed E-state index contributed by atoms with van der Waals surface area (Å²) in [6.45, 7) is 22.7. The van der Waals surface area contributed by atoms with Crippen LogP contribution in [0.1, 0.15) is 146 Å². The first kappa shape index (κ1) is 49.0. The SMILES string of the molecule is CC1(C)C(=O)C(C#N)=C[C@@]2(C)CN(C(=O)C3CCCCC3)CC[C@H]12.CC1(C)C(=O)C(C#N)=C[C@]2(C)CN(C(=O)C3CCCCC3)CC[C@@H]12.CC1(C)C(=O)C(C#N)=C[C@]2(C)CNCC[C@@H]12. The Labute approximate surface area is 383 Å². The highest BCUT2D eigenvalue weighted by Gasteiger charge is 2.56. The zero-order chi connectivity index (χ0) is 47.0. The van der Waals surface area contributed by atoms with Crippen LogP contribution in [0.4, 0.5) is 0 Å². The summed E-state index contributed by atoms with van der Waals surface area (Å²) in [6, 6.07) is 6.22. The summed E-state index contributed by atoms with van der Waals surface area (Å²) in [4.78, 5) is 67.1. The standard InChI is InChI=1S/2C20H28N2O2.C13H18N2O/c2*1-19(2)16-9-10-22(18(24)14-7-5-4-6-8-14)13-20(16,3)11-15(12-21)17(19)23;1-12(2)10-4-5-15-8-13(10,3)6-9(7-14)11(12)16/h2*11,14,16H,4-10,13H2,1-3H3;6,10,15H,4-5,8H2,1-3H3/t2*16-,20+;10-,13+/m100/s1. The van der Waals surface area contributed by atoms with Crippen molar-refractivity contribution in [2.24, 2.45) is 62.1 Å². The van der Waals surface area contributed by atoms with Crippen molar-refractivity contribution in [3.63, 3.8) is 0 Å². The molecule has 5 aliphatic carbocycles. The van der Waals surface area contributed by atoms with Gasteiger partial charge in [0.2, 0.25) is 11.8 Å². The van der Waals surface area contributed by atoms with E-state index in [1.807, 2.05) is 69.6 Å². The minimum atomic E-state index is -0.533. The third kappa shape index (κ3) is 9.07. The fourth-order valence-electron chi connectivity index (χ4n) is 14.0. The van der Waals surface area contributed by atoms with E-state index in [-0.39, 0.29) is 80.2 Å². The van der Waals surface area contributed by atoms with Crippen molar-refractivity contribution in [1.29, 1.82) is 15.8 Å². The molecule has 64 heavy (non-hydrogen) atoms. The van der Waals surface area contributed by atoms with E-state index in [1.165, 1.54) is 12.8 Å². The number of ketones is 3. The maximum absolute atomic E-state index is 12.9. The Morgan fingerprint density at radius 1 is 0.516 bits per heavy atom. The maximum atomic E-state index is 12.9. The van der Waals surface area contributed by atoms with Crippen LogP contribution in [-0.2, 0) is 24.0 Å². The van der Waals surface area contributed by atoms with Gasteiger partial charge in [-0.1, -0.05) is 119 Å². The van der Waals surface area contributed by atoms with Gasteiger partial charge < -0.3 is 15.1 Å². The number of carbonyl (C=O) groups excluding carboxylic acids is 5. The molecule has 2 amide bonds. The summed E-state index contributed by atoms with van der Waals surface area (Å²) in [7, 11) is 0. The van der Waals surface area contributed by atoms with Crippen LogP contribution in [0.15, 0.2) is 34.9 Å². The first-order valence-electron chi connectivity index (χ1n) is 24.3. The molecule has 0 spiro atoms. The highest BCUT2D eigenvalue weighted by molar-refractivity contribution is 6.05. The van der Waals surface area contributed by atoms with E-state index >= 15 is 0 Å². The molecule has 3 aliphatic heterocycles. The molecule has 3 heterocycles. The van der Waals surface area contributed by atoms with Crippen molar-refractivity contribution < 1.29 is 24.0 Å². The predicted octanol–water partition coefficient (Wildman–Crippen LogP) is 8.62. The average molecular weight is 875 g/mol. The number of likely N-dealkylation sites (tertiary alicyclic amines) is 2. The van der Waals surface area contributed by atoms with Crippen molar-refractivity contribution in [1.82, 2.24) is 15.1 Å². The first-order chi connectivity index (χ1) is 30.0. The molecule has 0 radical (unpaired) electrons. The molecule has 11 nitrogen and oxygen atoms in total. The fraction of sp³-hybridized carbons (Fsp3) is 0.736. The number of hydrogen-bond acceptors (Lipinski definition) is 9. The molecule has 0 aromatic carbocycles. The number of fused-ring (bicyclic) bond motifs is 3. The second kappa shape index (κ2) is 18.5. The molecule has 346 valence electrons. The van der Waals surface area contributed by atoms with Crippen LogP contribution in [-0.4, -0.2) is 78.2 Å². The lowest BCUT2D eigenvalue weighted by Crippen LogP contribution is -2.57. The molecule has 5 fully saturated rings. The van der Waals surface area contributed by atoms with Crippen molar-refractivity contribution in [3.05, 3.63) is 34.9 Å².